The van der Waals surface area contributed by atoms with Crippen LogP contribution < -0.4 is 19.5 Å². The van der Waals surface area contributed by atoms with E-state index >= 15 is 0 Å². The lowest BCUT2D eigenvalue weighted by atomic mass is 10.0. The summed E-state index contributed by atoms with van der Waals surface area (Å²) >= 11 is 5.98. The number of hydrogen-bond acceptors (Lipinski definition) is 4. The number of carbonyl (C=O) groups excluding carboxylic acids is 1. The zero-order valence-electron chi connectivity index (χ0n) is 15.0. The van der Waals surface area contributed by atoms with Crippen molar-refractivity contribution in [2.45, 2.75) is 18.9 Å². The molecule has 5 nitrogen and oxygen atoms in total. The topological polar surface area (TPSA) is 56.8 Å². The fraction of sp³-hybridized carbons (Fsp3) is 0.350. The van der Waals surface area contributed by atoms with Gasteiger partial charge in [0.05, 0.1) is 27.4 Å². The van der Waals surface area contributed by atoms with E-state index in [9.17, 15) is 4.79 Å². The van der Waals surface area contributed by atoms with Crippen LogP contribution >= 0.6 is 11.6 Å². The predicted molar refractivity (Wildman–Crippen MR) is 100 cm³/mol. The number of carbonyl (C=O) groups is 1. The van der Waals surface area contributed by atoms with Crippen LogP contribution in [0.5, 0.6) is 17.2 Å². The van der Waals surface area contributed by atoms with Crippen molar-refractivity contribution in [3.05, 3.63) is 52.5 Å². The highest BCUT2D eigenvalue weighted by Crippen LogP contribution is 2.42. The minimum atomic E-state index is -0.184. The summed E-state index contributed by atoms with van der Waals surface area (Å²) in [6.45, 7) is 0. The summed E-state index contributed by atoms with van der Waals surface area (Å²) < 4.78 is 16.0. The average Bonchev–Trinajstić information content (AvgIpc) is 3.50. The SMILES string of the molecule is COc1cc(C(=O)N[C@@H](c2ccc(Cl)cc2)C2CC2)cc(OC)c1OC. The summed E-state index contributed by atoms with van der Waals surface area (Å²) in [5, 5.41) is 3.82. The fourth-order valence-corrected chi connectivity index (χ4v) is 3.14. The van der Waals surface area contributed by atoms with Gasteiger partial charge in [-0.1, -0.05) is 23.7 Å². The van der Waals surface area contributed by atoms with E-state index in [4.69, 9.17) is 25.8 Å². The number of rotatable bonds is 7. The Kier molecular flexibility index (Phi) is 5.57. The zero-order chi connectivity index (χ0) is 18.7. The van der Waals surface area contributed by atoms with Gasteiger partial charge < -0.3 is 19.5 Å². The van der Waals surface area contributed by atoms with Crippen molar-refractivity contribution >= 4 is 17.5 Å². The van der Waals surface area contributed by atoms with Crippen molar-refractivity contribution < 1.29 is 19.0 Å². The van der Waals surface area contributed by atoms with E-state index in [0.717, 1.165) is 18.4 Å². The summed E-state index contributed by atoms with van der Waals surface area (Å²) in [6, 6.07) is 10.9. The van der Waals surface area contributed by atoms with Gasteiger partial charge in [0.2, 0.25) is 5.75 Å². The summed E-state index contributed by atoms with van der Waals surface area (Å²) in [5.41, 5.74) is 1.51. The molecule has 0 radical (unpaired) electrons. The first kappa shape index (κ1) is 18.4. The van der Waals surface area contributed by atoms with Gasteiger partial charge in [0, 0.05) is 10.6 Å². The van der Waals surface area contributed by atoms with Gasteiger partial charge in [-0.15, -0.1) is 0 Å². The molecule has 0 bridgehead atoms. The Hall–Kier alpha value is -2.40. The third-order valence-corrected chi connectivity index (χ3v) is 4.79. The molecule has 3 rings (SSSR count). The number of amides is 1. The van der Waals surface area contributed by atoms with Gasteiger partial charge >= 0.3 is 0 Å². The Morgan fingerprint density at radius 3 is 2.08 bits per heavy atom. The van der Waals surface area contributed by atoms with E-state index in [1.807, 2.05) is 24.3 Å². The van der Waals surface area contributed by atoms with E-state index in [1.54, 1.807) is 12.1 Å². The first-order chi connectivity index (χ1) is 12.6. The van der Waals surface area contributed by atoms with Crippen LogP contribution in [-0.2, 0) is 0 Å². The lowest BCUT2D eigenvalue weighted by Gasteiger charge is -2.20. The van der Waals surface area contributed by atoms with Crippen LogP contribution in [0, 0.1) is 5.92 Å². The normalized spacial score (nSPS) is 14.5. The Balaban J connectivity index is 1.87. The van der Waals surface area contributed by atoms with Crippen molar-refractivity contribution in [2.24, 2.45) is 5.92 Å². The second kappa shape index (κ2) is 7.87. The first-order valence-electron chi connectivity index (χ1n) is 8.43. The Labute approximate surface area is 158 Å². The van der Waals surface area contributed by atoms with Crippen molar-refractivity contribution in [2.75, 3.05) is 21.3 Å². The Morgan fingerprint density at radius 1 is 1.04 bits per heavy atom. The molecule has 0 aromatic heterocycles. The molecule has 1 N–H and O–H groups in total. The number of methoxy groups -OCH3 is 3. The van der Waals surface area contributed by atoms with Crippen LogP contribution in [0.1, 0.15) is 34.8 Å². The van der Waals surface area contributed by atoms with Gasteiger partial charge in [0.1, 0.15) is 0 Å². The molecule has 1 atom stereocenters. The molecule has 1 aliphatic carbocycles. The highest BCUT2D eigenvalue weighted by Gasteiger charge is 2.33. The predicted octanol–water partition coefficient (Wildman–Crippen LogP) is 4.25. The smallest absolute Gasteiger partial charge is 0.252 e. The molecule has 26 heavy (non-hydrogen) atoms. The maximum absolute atomic E-state index is 12.9. The molecule has 1 fully saturated rings. The quantitative estimate of drug-likeness (QED) is 0.786. The Bertz CT molecular complexity index is 762. The maximum atomic E-state index is 12.9. The molecule has 138 valence electrons. The van der Waals surface area contributed by atoms with E-state index in [2.05, 4.69) is 5.32 Å². The first-order valence-corrected chi connectivity index (χ1v) is 8.81. The molecular formula is C20H22ClNO4. The van der Waals surface area contributed by atoms with Crippen LogP contribution in [0.25, 0.3) is 0 Å². The van der Waals surface area contributed by atoms with E-state index in [1.165, 1.54) is 21.3 Å². The van der Waals surface area contributed by atoms with Crippen molar-refractivity contribution in [3.63, 3.8) is 0 Å². The number of halogens is 1. The van der Waals surface area contributed by atoms with Crippen LogP contribution in [0.2, 0.25) is 5.02 Å². The summed E-state index contributed by atoms with van der Waals surface area (Å²) in [6.07, 6.45) is 2.20. The van der Waals surface area contributed by atoms with Crippen LogP contribution in [0.3, 0.4) is 0 Å². The fourth-order valence-electron chi connectivity index (χ4n) is 3.01. The minimum Gasteiger partial charge on any atom is -0.493 e. The molecule has 0 heterocycles. The summed E-state index contributed by atoms with van der Waals surface area (Å²) in [5.74, 6) is 1.62. The standard InChI is InChI=1S/C20H22ClNO4/c1-24-16-10-14(11-17(25-2)19(16)26-3)20(23)22-18(12-4-5-12)13-6-8-15(21)9-7-13/h6-12,18H,4-5H2,1-3H3,(H,22,23)/t18-/m1/s1. The van der Waals surface area contributed by atoms with Crippen LogP contribution in [0.15, 0.2) is 36.4 Å². The molecule has 1 amide bonds. The average molecular weight is 376 g/mol. The molecule has 2 aromatic carbocycles. The molecule has 0 spiro atoms. The van der Waals surface area contributed by atoms with Crippen molar-refractivity contribution in [1.82, 2.24) is 5.32 Å². The van der Waals surface area contributed by atoms with Crippen molar-refractivity contribution in [3.8, 4) is 17.2 Å². The third kappa shape index (κ3) is 3.88. The minimum absolute atomic E-state index is 0.0427. The lowest BCUT2D eigenvalue weighted by Crippen LogP contribution is -2.30. The van der Waals surface area contributed by atoms with Crippen molar-refractivity contribution in [1.29, 1.82) is 0 Å². The Morgan fingerprint density at radius 2 is 1.62 bits per heavy atom. The van der Waals surface area contributed by atoms with Gasteiger partial charge in [0.25, 0.3) is 5.91 Å². The molecule has 6 heteroatoms. The van der Waals surface area contributed by atoms with E-state index in [-0.39, 0.29) is 11.9 Å². The second-order valence-electron chi connectivity index (χ2n) is 6.25. The van der Waals surface area contributed by atoms with Gasteiger partial charge in [-0.25, -0.2) is 0 Å². The molecule has 0 aliphatic heterocycles. The van der Waals surface area contributed by atoms with E-state index < -0.39 is 0 Å². The van der Waals surface area contributed by atoms with Gasteiger partial charge in [-0.05, 0) is 48.6 Å². The molecule has 0 saturated heterocycles. The number of ether oxygens (including phenoxy) is 3. The second-order valence-corrected chi connectivity index (χ2v) is 6.69. The van der Waals surface area contributed by atoms with E-state index in [0.29, 0.717) is 33.8 Å². The molecule has 1 aliphatic rings. The molecule has 0 unspecified atom stereocenters. The number of nitrogens with one attached hydrogen (secondary N) is 1. The number of hydrogen-bond donors (Lipinski definition) is 1. The van der Waals surface area contributed by atoms with Gasteiger partial charge in [-0.3, -0.25) is 4.79 Å². The highest BCUT2D eigenvalue weighted by molar-refractivity contribution is 6.30. The molecular weight excluding hydrogens is 354 g/mol. The molecule has 1 saturated carbocycles. The van der Waals surface area contributed by atoms with Crippen LogP contribution in [0.4, 0.5) is 0 Å². The van der Waals surface area contributed by atoms with Gasteiger partial charge in [0.15, 0.2) is 11.5 Å². The summed E-state index contributed by atoms with van der Waals surface area (Å²) in [4.78, 5) is 12.9. The largest absolute Gasteiger partial charge is 0.493 e. The highest BCUT2D eigenvalue weighted by atomic mass is 35.5. The van der Waals surface area contributed by atoms with Crippen LogP contribution in [-0.4, -0.2) is 27.2 Å². The van der Waals surface area contributed by atoms with Gasteiger partial charge in [-0.2, -0.15) is 0 Å². The molecule has 2 aromatic rings. The maximum Gasteiger partial charge on any atom is 0.252 e. The zero-order valence-corrected chi connectivity index (χ0v) is 15.8. The monoisotopic (exact) mass is 375 g/mol. The number of benzene rings is 2. The third-order valence-electron chi connectivity index (χ3n) is 4.54. The lowest BCUT2D eigenvalue weighted by molar-refractivity contribution is 0.0931. The summed E-state index contributed by atoms with van der Waals surface area (Å²) in [7, 11) is 4.59.